The second kappa shape index (κ2) is 3.37. The van der Waals surface area contributed by atoms with Gasteiger partial charge < -0.3 is 9.88 Å². The highest BCUT2D eigenvalue weighted by Gasteiger charge is 2.44. The molecule has 1 saturated heterocycles. The Morgan fingerprint density at radius 3 is 3.06 bits per heavy atom. The number of likely N-dealkylation sites (tertiary alicyclic amines) is 1. The van der Waals surface area contributed by atoms with Gasteiger partial charge in [-0.2, -0.15) is 0 Å². The molecular weight excluding hydrogens is 224 g/mol. The minimum atomic E-state index is 0.0925. The second-order valence-corrected chi connectivity index (χ2v) is 5.56. The van der Waals surface area contributed by atoms with Gasteiger partial charge in [-0.15, -0.1) is 0 Å². The normalized spacial score (nSPS) is 26.5. The lowest BCUT2D eigenvalue weighted by Gasteiger charge is -2.23. The van der Waals surface area contributed by atoms with E-state index in [9.17, 15) is 4.79 Å². The summed E-state index contributed by atoms with van der Waals surface area (Å²) in [5.74, 6) is 0.898. The van der Waals surface area contributed by atoms with Crippen LogP contribution in [0.15, 0.2) is 24.3 Å². The van der Waals surface area contributed by atoms with E-state index >= 15 is 0 Å². The molecule has 0 spiro atoms. The van der Waals surface area contributed by atoms with Crippen molar-refractivity contribution in [2.75, 3.05) is 13.6 Å². The van der Waals surface area contributed by atoms with Crippen LogP contribution in [-0.4, -0.2) is 29.4 Å². The summed E-state index contributed by atoms with van der Waals surface area (Å²) in [5, 5.41) is 1.24. The number of nitrogens with zero attached hydrogens (tertiary/aromatic N) is 1. The number of nitrogens with one attached hydrogen (secondary N) is 1. The fourth-order valence-corrected chi connectivity index (χ4v) is 3.70. The Morgan fingerprint density at radius 1 is 1.33 bits per heavy atom. The van der Waals surface area contributed by atoms with Crippen LogP contribution in [0, 0.1) is 5.92 Å². The van der Waals surface area contributed by atoms with E-state index in [4.69, 9.17) is 0 Å². The number of para-hydroxylation sites is 1. The van der Waals surface area contributed by atoms with Crippen molar-refractivity contribution in [1.82, 2.24) is 9.88 Å². The van der Waals surface area contributed by atoms with Gasteiger partial charge in [-0.1, -0.05) is 18.2 Å². The number of amides is 1. The van der Waals surface area contributed by atoms with Crippen LogP contribution >= 0.6 is 0 Å². The molecule has 2 heterocycles. The second-order valence-electron chi connectivity index (χ2n) is 5.56. The summed E-state index contributed by atoms with van der Waals surface area (Å²) in [4.78, 5) is 17.7. The first-order valence-corrected chi connectivity index (χ1v) is 6.60. The number of carbonyl (C=O) groups is 1. The van der Waals surface area contributed by atoms with Crippen LogP contribution in [0.4, 0.5) is 0 Å². The highest BCUT2D eigenvalue weighted by molar-refractivity contribution is 5.95. The molecule has 1 amide bonds. The lowest BCUT2D eigenvalue weighted by atomic mass is 9.78. The van der Waals surface area contributed by atoms with Gasteiger partial charge >= 0.3 is 0 Å². The summed E-state index contributed by atoms with van der Waals surface area (Å²) in [6, 6.07) is 8.35. The Hall–Kier alpha value is -1.77. The molecular formula is C15H16N2O. The molecule has 92 valence electrons. The molecule has 3 heteroatoms. The van der Waals surface area contributed by atoms with Crippen LogP contribution in [0.3, 0.4) is 0 Å². The third-order valence-electron chi connectivity index (χ3n) is 4.53. The number of fused-ring (bicyclic) bond motifs is 5. The molecule has 2 aromatic rings. The highest BCUT2D eigenvalue weighted by Crippen LogP contribution is 2.44. The number of aromatic nitrogens is 1. The predicted molar refractivity (Wildman–Crippen MR) is 70.5 cm³/mol. The van der Waals surface area contributed by atoms with Gasteiger partial charge in [-0.3, -0.25) is 4.79 Å². The van der Waals surface area contributed by atoms with E-state index in [1.165, 1.54) is 22.2 Å². The number of aryl methyl sites for hydroxylation is 1. The average Bonchev–Trinajstić information content (AvgIpc) is 2.88. The van der Waals surface area contributed by atoms with Crippen molar-refractivity contribution in [3.05, 3.63) is 35.5 Å². The molecule has 1 aliphatic heterocycles. The van der Waals surface area contributed by atoms with Crippen LogP contribution < -0.4 is 0 Å². The van der Waals surface area contributed by atoms with Gasteiger partial charge in [-0.25, -0.2) is 0 Å². The first-order valence-electron chi connectivity index (χ1n) is 6.60. The highest BCUT2D eigenvalue weighted by atomic mass is 16.2. The van der Waals surface area contributed by atoms with E-state index in [1.54, 1.807) is 0 Å². The third-order valence-corrected chi connectivity index (χ3v) is 4.53. The van der Waals surface area contributed by atoms with Gasteiger partial charge in [0.05, 0.1) is 5.92 Å². The van der Waals surface area contributed by atoms with Gasteiger partial charge in [0.15, 0.2) is 0 Å². The number of H-pyrrole nitrogens is 1. The number of aromatic amines is 1. The maximum Gasteiger partial charge on any atom is 0.230 e. The molecule has 1 fully saturated rings. The van der Waals surface area contributed by atoms with Crippen molar-refractivity contribution < 1.29 is 4.79 Å². The van der Waals surface area contributed by atoms with Crippen molar-refractivity contribution in [2.45, 2.75) is 18.8 Å². The number of hydrogen-bond donors (Lipinski definition) is 1. The standard InChI is InChI=1S/C15H16N2O/c1-17-8-9-6-7-12-14(13(9)15(17)18)10-4-2-3-5-11(10)16-12/h2-5,9,13,16H,6-8H2,1H3. The average molecular weight is 240 g/mol. The lowest BCUT2D eigenvalue weighted by molar-refractivity contribution is -0.127. The zero-order valence-electron chi connectivity index (χ0n) is 10.4. The number of likely N-dealkylation sites (N-methyl/N-ethyl adjacent to an activating group) is 1. The van der Waals surface area contributed by atoms with E-state index in [2.05, 4.69) is 23.2 Å². The lowest BCUT2D eigenvalue weighted by Crippen LogP contribution is -2.23. The molecule has 2 unspecified atom stereocenters. The molecule has 3 nitrogen and oxygen atoms in total. The van der Waals surface area contributed by atoms with Crippen LogP contribution in [0.25, 0.3) is 10.9 Å². The molecule has 0 radical (unpaired) electrons. The minimum Gasteiger partial charge on any atom is -0.358 e. The molecule has 18 heavy (non-hydrogen) atoms. The number of benzene rings is 1. The first-order chi connectivity index (χ1) is 8.75. The van der Waals surface area contributed by atoms with Crippen molar-refractivity contribution in [3.63, 3.8) is 0 Å². The number of hydrogen-bond acceptors (Lipinski definition) is 1. The zero-order chi connectivity index (χ0) is 12.3. The smallest absolute Gasteiger partial charge is 0.230 e. The summed E-state index contributed by atoms with van der Waals surface area (Å²) in [5.41, 5.74) is 3.72. The maximum absolute atomic E-state index is 12.4. The number of rotatable bonds is 0. The van der Waals surface area contributed by atoms with Crippen LogP contribution in [0.1, 0.15) is 23.6 Å². The Morgan fingerprint density at radius 2 is 2.17 bits per heavy atom. The van der Waals surface area contributed by atoms with Crippen LogP contribution in [0.2, 0.25) is 0 Å². The predicted octanol–water partition coefficient (Wildman–Crippen LogP) is 2.29. The fraction of sp³-hybridized carbons (Fsp3) is 0.400. The molecule has 4 rings (SSSR count). The Labute approximate surface area is 106 Å². The summed E-state index contributed by atoms with van der Waals surface area (Å²) in [6.07, 6.45) is 2.20. The topological polar surface area (TPSA) is 36.1 Å². The Bertz CT molecular complexity index is 643. The minimum absolute atomic E-state index is 0.0925. The molecule has 1 aliphatic carbocycles. The van der Waals surface area contributed by atoms with Crippen LogP contribution in [0.5, 0.6) is 0 Å². The molecule has 1 aromatic carbocycles. The number of carbonyl (C=O) groups excluding carboxylic acids is 1. The molecule has 0 saturated carbocycles. The van der Waals surface area contributed by atoms with Gasteiger partial charge in [0.25, 0.3) is 0 Å². The van der Waals surface area contributed by atoms with Crippen LogP contribution in [-0.2, 0) is 11.2 Å². The molecule has 2 aliphatic rings. The van der Waals surface area contributed by atoms with Gasteiger partial charge in [0.1, 0.15) is 0 Å². The zero-order valence-corrected chi connectivity index (χ0v) is 10.4. The Balaban J connectivity index is 1.98. The monoisotopic (exact) mass is 240 g/mol. The SMILES string of the molecule is CN1CC2CCc3[nH]c4ccccc4c3C2C1=O. The molecule has 1 aromatic heterocycles. The van der Waals surface area contributed by atoms with Gasteiger partial charge in [0.2, 0.25) is 5.91 Å². The quantitative estimate of drug-likeness (QED) is 0.753. The molecule has 2 atom stereocenters. The third kappa shape index (κ3) is 1.17. The first kappa shape index (κ1) is 10.2. The summed E-state index contributed by atoms with van der Waals surface area (Å²) >= 11 is 0. The summed E-state index contributed by atoms with van der Waals surface area (Å²) in [6.45, 7) is 0.919. The van der Waals surface area contributed by atoms with Gasteiger partial charge in [0, 0.05) is 30.2 Å². The van der Waals surface area contributed by atoms with Crippen molar-refractivity contribution in [3.8, 4) is 0 Å². The van der Waals surface area contributed by atoms with Crippen molar-refractivity contribution >= 4 is 16.8 Å². The largest absolute Gasteiger partial charge is 0.358 e. The van der Waals surface area contributed by atoms with E-state index in [0.29, 0.717) is 11.8 Å². The van der Waals surface area contributed by atoms with Crippen molar-refractivity contribution in [1.29, 1.82) is 0 Å². The van der Waals surface area contributed by atoms with E-state index in [-0.39, 0.29) is 5.92 Å². The summed E-state index contributed by atoms with van der Waals surface area (Å²) in [7, 11) is 1.93. The molecule has 1 N–H and O–H groups in total. The summed E-state index contributed by atoms with van der Waals surface area (Å²) < 4.78 is 0. The van der Waals surface area contributed by atoms with Crippen molar-refractivity contribution in [2.24, 2.45) is 5.92 Å². The maximum atomic E-state index is 12.4. The molecule has 0 bridgehead atoms. The van der Waals surface area contributed by atoms with Gasteiger partial charge in [-0.05, 0) is 30.4 Å². The fourth-order valence-electron chi connectivity index (χ4n) is 3.70. The Kier molecular flexibility index (Phi) is 1.91. The van der Waals surface area contributed by atoms with E-state index in [1.807, 2.05) is 18.0 Å². The van der Waals surface area contributed by atoms with E-state index in [0.717, 1.165) is 19.4 Å². The van der Waals surface area contributed by atoms with E-state index < -0.39 is 0 Å².